The van der Waals surface area contributed by atoms with Crippen molar-refractivity contribution in [2.24, 2.45) is 0 Å². The van der Waals surface area contributed by atoms with E-state index in [-0.39, 0.29) is 0 Å². The lowest BCUT2D eigenvalue weighted by molar-refractivity contribution is 0.911. The number of hydrogen-bond donors (Lipinski definition) is 0. The van der Waals surface area contributed by atoms with E-state index >= 15 is 0 Å². The summed E-state index contributed by atoms with van der Waals surface area (Å²) in [6.07, 6.45) is 4.04. The van der Waals surface area contributed by atoms with E-state index in [1.165, 1.54) is 16.3 Å². The first kappa shape index (κ1) is 45.8. The highest BCUT2D eigenvalue weighted by molar-refractivity contribution is 6.24. The van der Waals surface area contributed by atoms with Crippen LogP contribution >= 0.6 is 0 Å². The first-order valence-electron chi connectivity index (χ1n) is 27.7. The smallest absolute Gasteiger partial charge is 0.235 e. The number of benzene rings is 12. The number of hydrogen-bond acceptors (Lipinski definition) is 4. The third-order valence-corrected chi connectivity index (χ3v) is 16.5. The molecule has 0 amide bonds. The standard InChI is InChI=1S/C74H46N8/c1-4-18-47(19-5-1)51-22-14-27-54(44-51)79-70-57(31-16-33-59(70)61-40-42-67-64(72(61)79)45-75-81(67)52-23-6-2-7-24-52)58-32-17-34-60-62-41-43-68-65(46-76-82(68)53-25-8-3-9-26-53)73(62)80(71(58)60)74-77-66-35-13-12-29-63(66)69(78-74)50-38-36-49(37-39-50)56-30-15-21-48-20-10-11-28-55(48)56/h1-46H. The molecule has 8 heteroatoms. The molecule has 0 unspecified atom stereocenters. The minimum atomic E-state index is 0.567. The average Bonchev–Trinajstić information content (AvgIpc) is 2.25. The van der Waals surface area contributed by atoms with Crippen LogP contribution in [0.5, 0.6) is 0 Å². The average molecular weight is 1050 g/mol. The van der Waals surface area contributed by atoms with E-state index in [0.717, 1.165) is 132 Å². The van der Waals surface area contributed by atoms with Gasteiger partial charge in [-0.05, 0) is 99.8 Å². The molecule has 382 valence electrons. The van der Waals surface area contributed by atoms with Gasteiger partial charge in [-0.25, -0.2) is 19.3 Å². The van der Waals surface area contributed by atoms with E-state index in [1.807, 2.05) is 29.2 Å². The molecular weight excluding hydrogens is 1000 g/mol. The number of rotatable bonds is 8. The Morgan fingerprint density at radius 2 is 0.744 bits per heavy atom. The number of para-hydroxylation sites is 5. The molecule has 0 aliphatic rings. The summed E-state index contributed by atoms with van der Waals surface area (Å²) in [6, 6.07) is 95.1. The van der Waals surface area contributed by atoms with Crippen molar-refractivity contribution in [3.63, 3.8) is 0 Å². The lowest BCUT2D eigenvalue weighted by Crippen LogP contribution is -2.05. The quantitative estimate of drug-likeness (QED) is 0.152. The molecule has 0 atom stereocenters. The summed E-state index contributed by atoms with van der Waals surface area (Å²) < 4.78 is 8.89. The van der Waals surface area contributed by atoms with Crippen LogP contribution in [-0.4, -0.2) is 38.7 Å². The van der Waals surface area contributed by atoms with E-state index in [1.54, 1.807) is 0 Å². The van der Waals surface area contributed by atoms with Crippen LogP contribution in [0.3, 0.4) is 0 Å². The van der Waals surface area contributed by atoms with Gasteiger partial charge in [0.2, 0.25) is 5.95 Å². The Bertz CT molecular complexity index is 5380. The van der Waals surface area contributed by atoms with Gasteiger partial charge in [0.25, 0.3) is 0 Å². The fourth-order valence-corrected chi connectivity index (χ4v) is 12.9. The van der Waals surface area contributed by atoms with Gasteiger partial charge in [0, 0.05) is 60.1 Å². The van der Waals surface area contributed by atoms with Crippen molar-refractivity contribution in [2.45, 2.75) is 0 Å². The van der Waals surface area contributed by atoms with Gasteiger partial charge >= 0.3 is 0 Å². The molecule has 5 heterocycles. The Morgan fingerprint density at radius 1 is 0.268 bits per heavy atom. The van der Waals surface area contributed by atoms with E-state index in [0.29, 0.717) is 5.95 Å². The Hall–Kier alpha value is -11.2. The van der Waals surface area contributed by atoms with Gasteiger partial charge < -0.3 is 4.57 Å². The van der Waals surface area contributed by atoms with Crippen LogP contribution < -0.4 is 0 Å². The van der Waals surface area contributed by atoms with Gasteiger partial charge in [-0.1, -0.05) is 200 Å². The number of nitrogens with zero attached hydrogens (tertiary/aromatic N) is 8. The zero-order valence-corrected chi connectivity index (χ0v) is 44.1. The molecule has 0 spiro atoms. The van der Waals surface area contributed by atoms with Crippen LogP contribution in [-0.2, 0) is 0 Å². The van der Waals surface area contributed by atoms with E-state index in [2.05, 4.69) is 269 Å². The maximum atomic E-state index is 5.75. The Balaban J connectivity index is 0.966. The van der Waals surface area contributed by atoms with Gasteiger partial charge in [-0.3, -0.25) is 4.57 Å². The number of aromatic nitrogens is 8. The van der Waals surface area contributed by atoms with Crippen molar-refractivity contribution >= 4 is 87.1 Å². The third kappa shape index (κ3) is 6.98. The molecule has 5 aromatic heterocycles. The van der Waals surface area contributed by atoms with Gasteiger partial charge in [0.1, 0.15) is 0 Å². The molecule has 0 saturated carbocycles. The van der Waals surface area contributed by atoms with Crippen LogP contribution in [0, 0.1) is 0 Å². The maximum Gasteiger partial charge on any atom is 0.235 e. The predicted molar refractivity (Wildman–Crippen MR) is 337 cm³/mol. The molecule has 8 nitrogen and oxygen atoms in total. The summed E-state index contributed by atoms with van der Waals surface area (Å²) in [6.45, 7) is 0. The lowest BCUT2D eigenvalue weighted by Gasteiger charge is -2.16. The van der Waals surface area contributed by atoms with E-state index in [9.17, 15) is 0 Å². The fraction of sp³-hybridized carbons (Fsp3) is 0. The second-order valence-corrected chi connectivity index (χ2v) is 21.1. The fourth-order valence-electron chi connectivity index (χ4n) is 12.9. The molecule has 0 aliphatic heterocycles. The Morgan fingerprint density at radius 3 is 1.41 bits per heavy atom. The molecule has 82 heavy (non-hydrogen) atoms. The monoisotopic (exact) mass is 1050 g/mol. The van der Waals surface area contributed by atoms with Gasteiger partial charge in [-0.15, -0.1) is 0 Å². The first-order chi connectivity index (χ1) is 40.7. The summed E-state index contributed by atoms with van der Waals surface area (Å²) in [5.41, 5.74) is 18.6. The molecule has 17 aromatic rings. The largest absolute Gasteiger partial charge is 0.308 e. The van der Waals surface area contributed by atoms with Crippen LogP contribution in [0.15, 0.2) is 279 Å². The molecular formula is C74H46N8. The summed E-state index contributed by atoms with van der Waals surface area (Å²) in [5.74, 6) is 0.567. The van der Waals surface area contributed by atoms with Crippen LogP contribution in [0.25, 0.3) is 155 Å². The molecule has 0 radical (unpaired) electrons. The SMILES string of the molecule is c1ccc(-c2cccc(-n3c4c(-c5cccc6c7ccc8c(cnn8-c8ccccc8)c7n(-c7nc(-c8ccc(-c9cccc%10ccccc9%10)cc8)c8ccccc8n7)c56)cccc4c4ccc5c(cnn5-c5ccccc5)c43)c2)cc1. The van der Waals surface area contributed by atoms with Crippen LogP contribution in [0.4, 0.5) is 0 Å². The molecule has 17 rings (SSSR count). The van der Waals surface area contributed by atoms with Crippen LogP contribution in [0.1, 0.15) is 0 Å². The van der Waals surface area contributed by atoms with E-state index in [4.69, 9.17) is 20.2 Å². The van der Waals surface area contributed by atoms with Gasteiger partial charge in [0.15, 0.2) is 0 Å². The second kappa shape index (κ2) is 18.2. The zero-order valence-electron chi connectivity index (χ0n) is 44.1. The van der Waals surface area contributed by atoms with Crippen molar-refractivity contribution in [3.8, 4) is 67.6 Å². The minimum absolute atomic E-state index is 0.567. The molecule has 12 aromatic carbocycles. The maximum absolute atomic E-state index is 5.75. The normalized spacial score (nSPS) is 11.9. The predicted octanol–water partition coefficient (Wildman–Crippen LogP) is 18.3. The summed E-state index contributed by atoms with van der Waals surface area (Å²) in [5, 5.41) is 20.1. The van der Waals surface area contributed by atoms with Crippen molar-refractivity contribution < 1.29 is 0 Å². The second-order valence-electron chi connectivity index (χ2n) is 21.1. The zero-order chi connectivity index (χ0) is 53.8. The van der Waals surface area contributed by atoms with Crippen LogP contribution in [0.2, 0.25) is 0 Å². The topological polar surface area (TPSA) is 71.3 Å². The molecule has 0 fully saturated rings. The van der Waals surface area contributed by atoms with Crippen molar-refractivity contribution in [2.75, 3.05) is 0 Å². The summed E-state index contributed by atoms with van der Waals surface area (Å²) >= 11 is 0. The van der Waals surface area contributed by atoms with Crippen molar-refractivity contribution in [1.29, 1.82) is 0 Å². The van der Waals surface area contributed by atoms with Gasteiger partial charge in [0.05, 0.1) is 68.1 Å². The van der Waals surface area contributed by atoms with E-state index < -0.39 is 0 Å². The highest BCUT2D eigenvalue weighted by atomic mass is 15.3. The summed E-state index contributed by atoms with van der Waals surface area (Å²) in [4.78, 5) is 11.3. The Kier molecular flexibility index (Phi) is 10.1. The number of fused-ring (bicyclic) bond motifs is 12. The molecule has 0 aliphatic carbocycles. The van der Waals surface area contributed by atoms with Crippen molar-refractivity contribution in [3.05, 3.63) is 279 Å². The Labute approximate surface area is 470 Å². The molecule has 0 bridgehead atoms. The lowest BCUT2D eigenvalue weighted by atomic mass is 9.96. The van der Waals surface area contributed by atoms with Crippen molar-refractivity contribution in [1.82, 2.24) is 38.7 Å². The first-order valence-corrected chi connectivity index (χ1v) is 27.7. The molecule has 0 saturated heterocycles. The molecule has 0 N–H and O–H groups in total. The minimum Gasteiger partial charge on any atom is -0.308 e. The third-order valence-electron chi connectivity index (χ3n) is 16.5. The summed E-state index contributed by atoms with van der Waals surface area (Å²) in [7, 11) is 0. The highest BCUT2D eigenvalue weighted by Gasteiger charge is 2.27. The van der Waals surface area contributed by atoms with Gasteiger partial charge in [-0.2, -0.15) is 10.2 Å². The highest BCUT2D eigenvalue weighted by Crippen LogP contribution is 2.47.